The van der Waals surface area contributed by atoms with Crippen molar-refractivity contribution in [2.75, 3.05) is 32.1 Å². The zero-order valence-electron chi connectivity index (χ0n) is 11.8. The van der Waals surface area contributed by atoms with E-state index < -0.39 is 30.7 Å². The Labute approximate surface area is 120 Å². The van der Waals surface area contributed by atoms with Crippen molar-refractivity contribution in [2.24, 2.45) is 0 Å². The summed E-state index contributed by atoms with van der Waals surface area (Å²) in [5, 5.41) is 9.61. The maximum absolute atomic E-state index is 12.8. The van der Waals surface area contributed by atoms with Crippen LogP contribution < -0.4 is 4.90 Å². The van der Waals surface area contributed by atoms with Gasteiger partial charge in [0.05, 0.1) is 6.54 Å². The number of halogens is 3. The highest BCUT2D eigenvalue weighted by Crippen LogP contribution is 2.38. The molecule has 0 saturated carbocycles. The van der Waals surface area contributed by atoms with Crippen LogP contribution in [0.25, 0.3) is 0 Å². The van der Waals surface area contributed by atoms with E-state index in [0.29, 0.717) is 5.56 Å². The minimum Gasteiger partial charge on any atom is -0.379 e. The number of aliphatic hydroxyl groups is 1. The lowest BCUT2D eigenvalue weighted by Crippen LogP contribution is -2.48. The second kappa shape index (κ2) is 5.22. The lowest BCUT2D eigenvalue weighted by molar-refractivity contribution is -0.253. The largest absolute Gasteiger partial charge is 0.419 e. The van der Waals surface area contributed by atoms with Gasteiger partial charge in [-0.2, -0.15) is 13.2 Å². The second-order valence-electron chi connectivity index (χ2n) is 5.45. The van der Waals surface area contributed by atoms with E-state index in [1.807, 2.05) is 14.1 Å². The number of alkyl halides is 3. The van der Waals surface area contributed by atoms with E-state index in [-0.39, 0.29) is 6.54 Å². The molecular weight excluding hydrogens is 285 g/mol. The van der Waals surface area contributed by atoms with Crippen molar-refractivity contribution in [3.8, 4) is 0 Å². The maximum Gasteiger partial charge on any atom is 0.419 e. The summed E-state index contributed by atoms with van der Waals surface area (Å²) in [5.74, 6) is -0.501. The average molecular weight is 302 g/mol. The molecule has 1 atom stereocenters. The summed E-state index contributed by atoms with van der Waals surface area (Å²) in [5.41, 5.74) is -1.71. The Hall–Kier alpha value is -1.76. The van der Waals surface area contributed by atoms with E-state index in [2.05, 4.69) is 0 Å². The lowest BCUT2D eigenvalue weighted by Gasteiger charge is -2.26. The number of hydrogen-bond donors (Lipinski definition) is 1. The maximum atomic E-state index is 12.8. The molecule has 0 spiro atoms. The SMILES string of the molecule is CN(C)c1cccc(C(=O)N2CC[C@](O)(C(F)(F)F)C2)c1. The minimum absolute atomic E-state index is 0.110. The van der Waals surface area contributed by atoms with Gasteiger partial charge in [-0.05, 0) is 18.2 Å². The van der Waals surface area contributed by atoms with Gasteiger partial charge in [-0.15, -0.1) is 0 Å². The smallest absolute Gasteiger partial charge is 0.379 e. The number of likely N-dealkylation sites (tertiary alicyclic amines) is 1. The fraction of sp³-hybridized carbons (Fsp3) is 0.500. The predicted molar refractivity (Wildman–Crippen MR) is 72.3 cm³/mol. The number of anilines is 1. The Balaban J connectivity index is 2.17. The number of benzene rings is 1. The van der Waals surface area contributed by atoms with E-state index in [4.69, 9.17) is 0 Å². The van der Waals surface area contributed by atoms with Gasteiger partial charge < -0.3 is 14.9 Å². The highest BCUT2D eigenvalue weighted by atomic mass is 19.4. The lowest BCUT2D eigenvalue weighted by atomic mass is 10.0. The van der Waals surface area contributed by atoms with Crippen molar-refractivity contribution < 1.29 is 23.1 Å². The van der Waals surface area contributed by atoms with Gasteiger partial charge >= 0.3 is 6.18 Å². The number of β-amino-alcohol motifs (C(OH)–C–C–N with tert-alkyl or cyclic N) is 1. The molecular formula is C14H17F3N2O2. The Morgan fingerprint density at radius 1 is 1.38 bits per heavy atom. The summed E-state index contributed by atoms with van der Waals surface area (Å²) in [7, 11) is 3.61. The third-order valence-corrected chi connectivity index (χ3v) is 3.67. The fourth-order valence-corrected chi connectivity index (χ4v) is 2.30. The number of carbonyl (C=O) groups excluding carboxylic acids is 1. The Morgan fingerprint density at radius 2 is 2.05 bits per heavy atom. The second-order valence-corrected chi connectivity index (χ2v) is 5.45. The number of carbonyl (C=O) groups is 1. The van der Waals surface area contributed by atoms with Gasteiger partial charge in [0, 0.05) is 38.3 Å². The average Bonchev–Trinajstić information content (AvgIpc) is 2.81. The van der Waals surface area contributed by atoms with E-state index >= 15 is 0 Å². The Morgan fingerprint density at radius 3 is 2.57 bits per heavy atom. The molecule has 116 valence electrons. The van der Waals surface area contributed by atoms with Crippen LogP contribution in [-0.4, -0.2) is 54.9 Å². The molecule has 0 aromatic heterocycles. The van der Waals surface area contributed by atoms with E-state index in [1.165, 1.54) is 0 Å². The molecule has 0 aliphatic carbocycles. The van der Waals surface area contributed by atoms with Crippen LogP contribution in [0.5, 0.6) is 0 Å². The molecule has 1 heterocycles. The van der Waals surface area contributed by atoms with Crippen molar-refractivity contribution in [3.63, 3.8) is 0 Å². The number of amides is 1. The number of hydrogen-bond acceptors (Lipinski definition) is 3. The molecule has 21 heavy (non-hydrogen) atoms. The zero-order chi connectivity index (χ0) is 15.8. The first-order valence-corrected chi connectivity index (χ1v) is 6.50. The molecule has 4 nitrogen and oxygen atoms in total. The predicted octanol–water partition coefficient (Wildman–Crippen LogP) is 1.89. The van der Waals surface area contributed by atoms with Gasteiger partial charge in [0.15, 0.2) is 5.60 Å². The fourth-order valence-electron chi connectivity index (χ4n) is 2.30. The summed E-state index contributed by atoms with van der Waals surface area (Å²) in [6.45, 7) is -0.831. The van der Waals surface area contributed by atoms with Gasteiger partial charge in [0.1, 0.15) is 0 Å². The first-order valence-electron chi connectivity index (χ1n) is 6.50. The molecule has 1 aromatic rings. The van der Waals surface area contributed by atoms with Gasteiger partial charge in [0.25, 0.3) is 5.91 Å². The third-order valence-electron chi connectivity index (χ3n) is 3.67. The van der Waals surface area contributed by atoms with Crippen molar-refractivity contribution >= 4 is 11.6 Å². The molecule has 1 aliphatic rings. The van der Waals surface area contributed by atoms with Crippen LogP contribution >= 0.6 is 0 Å². The number of nitrogens with zero attached hydrogens (tertiary/aromatic N) is 2. The summed E-state index contributed by atoms with van der Waals surface area (Å²) < 4.78 is 38.3. The minimum atomic E-state index is -4.73. The molecule has 2 rings (SSSR count). The van der Waals surface area contributed by atoms with Crippen LogP contribution in [0.1, 0.15) is 16.8 Å². The Kier molecular flexibility index (Phi) is 3.88. The summed E-state index contributed by atoms with van der Waals surface area (Å²) in [4.78, 5) is 15.1. The van der Waals surface area contributed by atoms with E-state index in [0.717, 1.165) is 10.6 Å². The Bertz CT molecular complexity index is 545. The summed E-state index contributed by atoms with van der Waals surface area (Å²) >= 11 is 0. The standard InChI is InChI=1S/C14H17F3N2O2/c1-18(2)11-5-3-4-10(8-11)12(20)19-7-6-13(21,9-19)14(15,16)17/h3-5,8,21H,6-7,9H2,1-2H3/t13-/m1/s1. The molecule has 0 unspecified atom stereocenters. The topological polar surface area (TPSA) is 43.8 Å². The van der Waals surface area contributed by atoms with Crippen molar-refractivity contribution in [1.29, 1.82) is 0 Å². The third kappa shape index (κ3) is 2.97. The monoisotopic (exact) mass is 302 g/mol. The summed E-state index contributed by atoms with van der Waals surface area (Å²) in [6, 6.07) is 6.65. The summed E-state index contributed by atoms with van der Waals surface area (Å²) in [6.07, 6.45) is -5.22. The van der Waals surface area contributed by atoms with Gasteiger partial charge in [-0.1, -0.05) is 6.07 Å². The molecule has 1 aromatic carbocycles. The van der Waals surface area contributed by atoms with Crippen LogP contribution in [0.2, 0.25) is 0 Å². The molecule has 7 heteroatoms. The molecule has 1 fully saturated rings. The molecule has 1 aliphatic heterocycles. The van der Waals surface area contributed by atoms with Crippen molar-refractivity contribution in [2.45, 2.75) is 18.2 Å². The van der Waals surface area contributed by atoms with Crippen LogP contribution in [0.15, 0.2) is 24.3 Å². The molecule has 0 bridgehead atoms. The number of rotatable bonds is 2. The van der Waals surface area contributed by atoms with Crippen molar-refractivity contribution in [1.82, 2.24) is 4.90 Å². The highest BCUT2D eigenvalue weighted by molar-refractivity contribution is 5.95. The molecule has 0 radical (unpaired) electrons. The van der Waals surface area contributed by atoms with Crippen molar-refractivity contribution in [3.05, 3.63) is 29.8 Å². The van der Waals surface area contributed by atoms with Crippen LogP contribution in [-0.2, 0) is 0 Å². The molecule has 1 saturated heterocycles. The van der Waals surface area contributed by atoms with Gasteiger partial charge in [-0.25, -0.2) is 0 Å². The highest BCUT2D eigenvalue weighted by Gasteiger charge is 2.57. The van der Waals surface area contributed by atoms with Crippen LogP contribution in [0, 0.1) is 0 Å². The van der Waals surface area contributed by atoms with Gasteiger partial charge in [-0.3, -0.25) is 4.79 Å². The van der Waals surface area contributed by atoms with E-state index in [1.54, 1.807) is 29.2 Å². The normalized spacial score (nSPS) is 22.5. The molecule has 1 N–H and O–H groups in total. The zero-order valence-corrected chi connectivity index (χ0v) is 11.8. The first kappa shape index (κ1) is 15.6. The van der Waals surface area contributed by atoms with Crippen LogP contribution in [0.4, 0.5) is 18.9 Å². The van der Waals surface area contributed by atoms with Gasteiger partial charge in [0.2, 0.25) is 0 Å². The van der Waals surface area contributed by atoms with Crippen LogP contribution in [0.3, 0.4) is 0 Å². The quantitative estimate of drug-likeness (QED) is 0.907. The molecule has 1 amide bonds. The van der Waals surface area contributed by atoms with E-state index in [9.17, 15) is 23.1 Å². The first-order chi connectivity index (χ1) is 9.64.